The molecule has 0 aliphatic heterocycles. The van der Waals surface area contributed by atoms with Gasteiger partial charge < -0.3 is 33.9 Å². The third-order valence-electron chi connectivity index (χ3n) is 20.8. The lowest BCUT2D eigenvalue weighted by Crippen LogP contribution is -2.40. The Morgan fingerprint density at radius 3 is 0.707 bits per heavy atom. The highest BCUT2D eigenvalue weighted by molar-refractivity contribution is 5.70. The fourth-order valence-corrected chi connectivity index (χ4v) is 14.3. The third kappa shape index (κ3) is 72.5. The molecule has 0 atom stereocenters. The van der Waals surface area contributed by atoms with Gasteiger partial charge in [0.05, 0.1) is 13.2 Å². The molecule has 0 aromatic heterocycles. The Morgan fingerprint density at radius 1 is 0.253 bits per heavy atom. The van der Waals surface area contributed by atoms with E-state index < -0.39 is 0 Å². The minimum absolute atomic E-state index is 0.00595. The molecule has 0 aromatic rings. The van der Waals surface area contributed by atoms with Crippen LogP contribution < -0.4 is 0 Å². The predicted octanol–water partition coefficient (Wildman–Crippen LogP) is 26.0. The van der Waals surface area contributed by atoms with Gasteiger partial charge in [0, 0.05) is 51.3 Å². The first kappa shape index (κ1) is 96.8. The van der Waals surface area contributed by atoms with Crippen molar-refractivity contribution in [1.29, 1.82) is 0 Å². The molecule has 0 radical (unpaired) electrons. The molecule has 0 fully saturated rings. The second-order valence-electron chi connectivity index (χ2n) is 30.9. The normalized spacial score (nSPS) is 11.8. The van der Waals surface area contributed by atoms with Crippen molar-refractivity contribution < 1.29 is 43.2 Å². The van der Waals surface area contributed by atoms with Gasteiger partial charge in [-0.2, -0.15) is 0 Å². The topological polar surface area (TPSA) is 132 Å². The van der Waals surface area contributed by atoms with Gasteiger partial charge in [-0.25, -0.2) is 0 Å². The van der Waals surface area contributed by atoms with E-state index in [2.05, 4.69) is 51.3 Å². The molecule has 0 aliphatic carbocycles. The van der Waals surface area contributed by atoms with Crippen LogP contribution in [0.2, 0.25) is 0 Å². The Morgan fingerprint density at radius 2 is 0.455 bits per heavy atom. The van der Waals surface area contributed by atoms with E-state index in [0.717, 1.165) is 219 Å². The summed E-state index contributed by atoms with van der Waals surface area (Å²) in [6.45, 7) is 20.3. The highest BCUT2D eigenvalue weighted by Crippen LogP contribution is 2.22. The molecule has 0 aliphatic rings. The summed E-state index contributed by atoms with van der Waals surface area (Å²) in [6, 6.07) is 0. The van der Waals surface area contributed by atoms with Crippen molar-refractivity contribution in [3.8, 4) is 0 Å². The zero-order chi connectivity index (χ0) is 72.1. The summed E-state index contributed by atoms with van der Waals surface area (Å²) < 4.78 is 23.7. The minimum Gasteiger partial charge on any atom is -0.466 e. The van der Waals surface area contributed by atoms with Crippen molar-refractivity contribution in [3.63, 3.8) is 0 Å². The van der Waals surface area contributed by atoms with Gasteiger partial charge in [0.25, 0.3) is 0 Å². The lowest BCUT2D eigenvalue weighted by molar-refractivity contribution is -0.151. The second-order valence-corrected chi connectivity index (χ2v) is 30.9. The number of rotatable bonds is 83. The largest absolute Gasteiger partial charge is 0.466 e. The number of nitrogens with zero attached hydrogens (tertiary/aromatic N) is 2. The van der Waals surface area contributed by atoms with Crippen molar-refractivity contribution in [2.45, 2.75) is 478 Å². The number of ether oxygens (including phenoxy) is 4. The first-order chi connectivity index (χ1) is 48.6. The molecule has 0 rings (SSSR count). The summed E-state index contributed by atoms with van der Waals surface area (Å²) in [6.07, 6.45) is 74.9. The second kappa shape index (κ2) is 79.9. The highest BCUT2D eigenvalue weighted by atomic mass is 16.6. The van der Waals surface area contributed by atoms with Crippen LogP contribution in [0.1, 0.15) is 465 Å². The van der Waals surface area contributed by atoms with E-state index >= 15 is 0 Å². The van der Waals surface area contributed by atoms with Crippen LogP contribution in [0.5, 0.6) is 0 Å². The fraction of sp³-hybridized carbons (Fsp3) is 0.955. The van der Waals surface area contributed by atoms with E-state index in [1.165, 1.54) is 218 Å². The molecular formula is C88H172N2O9. The zero-order valence-electron chi connectivity index (χ0n) is 67.4. The average molecular weight is 1400 g/mol. The van der Waals surface area contributed by atoms with E-state index in [0.29, 0.717) is 38.9 Å². The number of carbonyl (C=O) groups is 4. The Bertz CT molecular complexity index is 1520. The van der Waals surface area contributed by atoms with Crippen LogP contribution in [-0.2, 0) is 38.1 Å². The Hall–Kier alpha value is -2.24. The smallest absolute Gasteiger partial charge is 0.306 e. The molecule has 1 N–H and O–H groups in total. The molecule has 0 saturated carbocycles. The van der Waals surface area contributed by atoms with Gasteiger partial charge in [-0.05, 0) is 142 Å². The number of hydrogen-bond donors (Lipinski definition) is 1. The maximum absolute atomic E-state index is 13.2. The van der Waals surface area contributed by atoms with Crippen LogP contribution >= 0.6 is 0 Å². The number of aliphatic hydroxyl groups is 1. The fourth-order valence-electron chi connectivity index (χ4n) is 14.3. The zero-order valence-corrected chi connectivity index (χ0v) is 67.4. The van der Waals surface area contributed by atoms with E-state index in [-0.39, 0.29) is 48.6 Å². The molecule has 0 spiro atoms. The Kier molecular flexibility index (Phi) is 78.1. The molecule has 0 heterocycles. The van der Waals surface area contributed by atoms with Gasteiger partial charge in [-0.3, -0.25) is 19.2 Å². The van der Waals surface area contributed by atoms with Crippen LogP contribution in [0.4, 0.5) is 0 Å². The monoisotopic (exact) mass is 1400 g/mol. The first-order valence-corrected chi connectivity index (χ1v) is 44.4. The summed E-state index contributed by atoms with van der Waals surface area (Å²) >= 11 is 0. The van der Waals surface area contributed by atoms with Crippen molar-refractivity contribution in [2.24, 2.45) is 5.92 Å². The third-order valence-corrected chi connectivity index (χ3v) is 20.8. The minimum atomic E-state index is -0.0633. The molecule has 99 heavy (non-hydrogen) atoms. The molecule has 11 nitrogen and oxygen atoms in total. The van der Waals surface area contributed by atoms with E-state index in [1.54, 1.807) is 0 Å². The first-order valence-electron chi connectivity index (χ1n) is 44.4. The standard InChI is InChI=1S/C88H172N2O9/c1-7-13-19-25-31-33-35-47-63-77-96-85(92)69-57-49-61-75-89(73-59-45-37-43-55-71-87(94)98-83(65-51-39-27-21-15-9-3)66-52-40-28-22-16-10-4)79-82(81-91)80-90(76-62-50-58-70-86(93)97-78-64-48-36-34-32-26-20-14-8-2)74-60-46-38-44-56-72-88(95)99-84(67-53-41-29-23-17-11-5)68-54-42-30-24-18-12-6/h82-84,91H,7-81H2,1-6H3. The predicted molar refractivity (Wildman–Crippen MR) is 424 cm³/mol. The lowest BCUT2D eigenvalue weighted by atomic mass is 10.0. The summed E-state index contributed by atoms with van der Waals surface area (Å²) in [4.78, 5) is 57.2. The summed E-state index contributed by atoms with van der Waals surface area (Å²) in [5.74, 6) is -0.0358. The molecule has 0 amide bonds. The van der Waals surface area contributed by atoms with Gasteiger partial charge in [-0.15, -0.1) is 0 Å². The van der Waals surface area contributed by atoms with E-state index in [1.807, 2.05) is 0 Å². The molecule has 588 valence electrons. The number of carbonyl (C=O) groups excluding carboxylic acids is 4. The summed E-state index contributed by atoms with van der Waals surface area (Å²) in [7, 11) is 0. The van der Waals surface area contributed by atoms with Crippen molar-refractivity contribution in [3.05, 3.63) is 0 Å². The number of hydrogen-bond acceptors (Lipinski definition) is 11. The van der Waals surface area contributed by atoms with Gasteiger partial charge in [0.2, 0.25) is 0 Å². The van der Waals surface area contributed by atoms with Crippen LogP contribution in [0.15, 0.2) is 0 Å². The highest BCUT2D eigenvalue weighted by Gasteiger charge is 2.20. The number of aliphatic hydroxyl groups excluding tert-OH is 1. The van der Waals surface area contributed by atoms with Crippen molar-refractivity contribution in [1.82, 2.24) is 9.80 Å². The van der Waals surface area contributed by atoms with Gasteiger partial charge in [-0.1, -0.05) is 324 Å². The Balaban J connectivity index is 5.79. The maximum Gasteiger partial charge on any atom is 0.306 e. The van der Waals surface area contributed by atoms with Crippen LogP contribution in [0.25, 0.3) is 0 Å². The Labute approximate surface area is 616 Å². The van der Waals surface area contributed by atoms with Gasteiger partial charge >= 0.3 is 23.9 Å². The van der Waals surface area contributed by atoms with Crippen molar-refractivity contribution >= 4 is 23.9 Å². The lowest BCUT2D eigenvalue weighted by Gasteiger charge is -2.31. The number of unbranched alkanes of at least 4 members (excludes halogenated alkanes) is 48. The van der Waals surface area contributed by atoms with E-state index in [4.69, 9.17) is 18.9 Å². The molecule has 11 heteroatoms. The maximum atomic E-state index is 13.2. The average Bonchev–Trinajstić information content (AvgIpc) is 1.55. The summed E-state index contributed by atoms with van der Waals surface area (Å²) in [5.41, 5.74) is 0. The van der Waals surface area contributed by atoms with Crippen LogP contribution in [-0.4, -0.2) is 110 Å². The number of esters is 4. The molecule has 0 aromatic carbocycles. The molecule has 0 unspecified atom stereocenters. The molecule has 0 bridgehead atoms. The van der Waals surface area contributed by atoms with Gasteiger partial charge in [0.15, 0.2) is 0 Å². The molecular weight excluding hydrogens is 1230 g/mol. The SMILES string of the molecule is CCCCCCCCCCCOC(=O)CCCCCN(CCCCCCCC(=O)OC(CCCCCCCC)CCCCCCCC)CC(CO)CN(CCCCCCCC(=O)OC(CCCCCCCC)CCCCCCCC)CCCCCC(=O)OCCCCCCCCCCC. The molecule has 0 saturated heterocycles. The summed E-state index contributed by atoms with van der Waals surface area (Å²) in [5, 5.41) is 11.1. The van der Waals surface area contributed by atoms with Crippen LogP contribution in [0, 0.1) is 5.92 Å². The van der Waals surface area contributed by atoms with E-state index in [9.17, 15) is 24.3 Å². The quantitative estimate of drug-likeness (QED) is 0.0355. The van der Waals surface area contributed by atoms with Gasteiger partial charge in [0.1, 0.15) is 12.2 Å². The van der Waals surface area contributed by atoms with Crippen molar-refractivity contribution in [2.75, 3.05) is 59.1 Å². The van der Waals surface area contributed by atoms with Crippen LogP contribution in [0.3, 0.4) is 0 Å².